The summed E-state index contributed by atoms with van der Waals surface area (Å²) in [5, 5.41) is 3.25. The molecule has 2 aromatic rings. The molecule has 0 aliphatic carbocycles. The number of rotatable bonds is 5. The van der Waals surface area contributed by atoms with Crippen LogP contribution < -0.4 is 5.32 Å². The highest BCUT2D eigenvalue weighted by atomic mass is 79.9. The number of nitrogens with zero attached hydrogens (tertiary/aromatic N) is 2. The molecule has 1 aromatic carbocycles. The van der Waals surface area contributed by atoms with Crippen LogP contribution in [0.1, 0.15) is 26.0 Å². The predicted molar refractivity (Wildman–Crippen MR) is 83.3 cm³/mol. The Balaban J connectivity index is 2.43. The summed E-state index contributed by atoms with van der Waals surface area (Å²) in [6.45, 7) is 4.99. The van der Waals surface area contributed by atoms with Crippen LogP contribution in [0.25, 0.3) is 11.4 Å². The SMILES string of the molecule is CCCNc1cc(CC)nc(-c2cc(F)cc(Br)c2)n1. The van der Waals surface area contributed by atoms with E-state index in [9.17, 15) is 4.39 Å². The maximum atomic E-state index is 13.5. The molecule has 0 saturated carbocycles. The van der Waals surface area contributed by atoms with E-state index in [1.165, 1.54) is 12.1 Å². The molecule has 5 heteroatoms. The molecule has 0 atom stereocenters. The van der Waals surface area contributed by atoms with Gasteiger partial charge < -0.3 is 5.32 Å². The summed E-state index contributed by atoms with van der Waals surface area (Å²) in [7, 11) is 0. The van der Waals surface area contributed by atoms with Gasteiger partial charge in [0.2, 0.25) is 0 Å². The molecular weight excluding hydrogens is 321 g/mol. The normalized spacial score (nSPS) is 10.6. The number of hydrogen-bond acceptors (Lipinski definition) is 3. The van der Waals surface area contributed by atoms with Crippen LogP contribution in [0.2, 0.25) is 0 Å². The fourth-order valence-corrected chi connectivity index (χ4v) is 2.30. The number of aromatic nitrogens is 2. The van der Waals surface area contributed by atoms with Gasteiger partial charge in [0.05, 0.1) is 0 Å². The van der Waals surface area contributed by atoms with E-state index in [2.05, 4.69) is 38.1 Å². The molecule has 2 rings (SSSR count). The summed E-state index contributed by atoms with van der Waals surface area (Å²) < 4.78 is 14.2. The molecule has 1 aromatic heterocycles. The Morgan fingerprint density at radius 2 is 1.95 bits per heavy atom. The smallest absolute Gasteiger partial charge is 0.161 e. The number of aryl methyl sites for hydroxylation is 1. The fraction of sp³-hybridized carbons (Fsp3) is 0.333. The van der Waals surface area contributed by atoms with Crippen LogP contribution in [0.15, 0.2) is 28.7 Å². The molecule has 20 heavy (non-hydrogen) atoms. The van der Waals surface area contributed by atoms with E-state index < -0.39 is 0 Å². The molecule has 0 radical (unpaired) electrons. The Morgan fingerprint density at radius 3 is 2.60 bits per heavy atom. The zero-order valence-electron chi connectivity index (χ0n) is 11.6. The third kappa shape index (κ3) is 3.76. The van der Waals surface area contributed by atoms with E-state index in [1.807, 2.05) is 19.1 Å². The molecule has 1 N–H and O–H groups in total. The van der Waals surface area contributed by atoms with E-state index in [0.717, 1.165) is 30.9 Å². The van der Waals surface area contributed by atoms with Crippen molar-refractivity contribution in [2.45, 2.75) is 26.7 Å². The molecule has 3 nitrogen and oxygen atoms in total. The molecule has 0 amide bonds. The molecule has 0 fully saturated rings. The molecule has 0 saturated heterocycles. The standard InChI is InChI=1S/C15H17BrFN3/c1-3-5-18-14-9-13(4-2)19-15(20-14)10-6-11(16)8-12(17)7-10/h6-9H,3-5H2,1-2H3,(H,18,19,20). The van der Waals surface area contributed by atoms with Gasteiger partial charge in [-0.3, -0.25) is 0 Å². The quantitative estimate of drug-likeness (QED) is 0.876. The predicted octanol–water partition coefficient (Wildman–Crippen LogP) is 4.43. The molecule has 1 heterocycles. The molecule has 0 aliphatic heterocycles. The van der Waals surface area contributed by atoms with Gasteiger partial charge in [0.15, 0.2) is 5.82 Å². The Hall–Kier alpha value is -1.49. The average molecular weight is 338 g/mol. The van der Waals surface area contributed by atoms with Crippen LogP contribution in [-0.2, 0) is 6.42 Å². The lowest BCUT2D eigenvalue weighted by atomic mass is 10.2. The second-order valence-corrected chi connectivity index (χ2v) is 5.42. The first kappa shape index (κ1) is 14.9. The van der Waals surface area contributed by atoms with Gasteiger partial charge in [-0.05, 0) is 31.0 Å². The minimum absolute atomic E-state index is 0.303. The third-order valence-electron chi connectivity index (χ3n) is 2.82. The summed E-state index contributed by atoms with van der Waals surface area (Å²) in [6.07, 6.45) is 1.83. The van der Waals surface area contributed by atoms with Crippen molar-refractivity contribution >= 4 is 21.7 Å². The lowest BCUT2D eigenvalue weighted by Gasteiger charge is -2.09. The second kappa shape index (κ2) is 6.79. The van der Waals surface area contributed by atoms with Gasteiger partial charge in [0.25, 0.3) is 0 Å². The van der Waals surface area contributed by atoms with Crippen molar-refractivity contribution in [2.75, 3.05) is 11.9 Å². The summed E-state index contributed by atoms with van der Waals surface area (Å²) in [4.78, 5) is 8.94. The zero-order valence-corrected chi connectivity index (χ0v) is 13.2. The van der Waals surface area contributed by atoms with Crippen LogP contribution in [0.3, 0.4) is 0 Å². The van der Waals surface area contributed by atoms with Crippen molar-refractivity contribution in [1.82, 2.24) is 9.97 Å². The topological polar surface area (TPSA) is 37.8 Å². The van der Waals surface area contributed by atoms with E-state index in [0.29, 0.717) is 15.9 Å². The van der Waals surface area contributed by atoms with Gasteiger partial charge in [-0.2, -0.15) is 0 Å². The van der Waals surface area contributed by atoms with Crippen LogP contribution in [0.5, 0.6) is 0 Å². The van der Waals surface area contributed by atoms with Crippen molar-refractivity contribution < 1.29 is 4.39 Å². The van der Waals surface area contributed by atoms with Crippen LogP contribution >= 0.6 is 15.9 Å². The van der Waals surface area contributed by atoms with Gasteiger partial charge >= 0.3 is 0 Å². The van der Waals surface area contributed by atoms with Crippen molar-refractivity contribution in [3.8, 4) is 11.4 Å². The minimum Gasteiger partial charge on any atom is -0.370 e. The first-order chi connectivity index (χ1) is 9.62. The Bertz CT molecular complexity index is 581. The maximum Gasteiger partial charge on any atom is 0.161 e. The van der Waals surface area contributed by atoms with Gasteiger partial charge in [-0.1, -0.05) is 29.8 Å². The van der Waals surface area contributed by atoms with Crippen molar-refractivity contribution in [3.05, 3.63) is 40.2 Å². The number of nitrogens with one attached hydrogen (secondary N) is 1. The van der Waals surface area contributed by atoms with E-state index in [-0.39, 0.29) is 5.82 Å². The van der Waals surface area contributed by atoms with Gasteiger partial charge in [0.1, 0.15) is 11.6 Å². The van der Waals surface area contributed by atoms with Gasteiger partial charge in [0, 0.05) is 28.3 Å². The molecule has 0 aliphatic rings. The number of halogens is 2. The summed E-state index contributed by atoms with van der Waals surface area (Å²) in [5.41, 5.74) is 1.61. The molecular formula is C15H17BrFN3. The zero-order chi connectivity index (χ0) is 14.5. The van der Waals surface area contributed by atoms with Crippen LogP contribution in [0.4, 0.5) is 10.2 Å². The van der Waals surface area contributed by atoms with Crippen molar-refractivity contribution in [3.63, 3.8) is 0 Å². The largest absolute Gasteiger partial charge is 0.370 e. The minimum atomic E-state index is -0.303. The molecule has 0 bridgehead atoms. The number of anilines is 1. The highest BCUT2D eigenvalue weighted by Crippen LogP contribution is 2.23. The van der Waals surface area contributed by atoms with Crippen LogP contribution in [0, 0.1) is 5.82 Å². The highest BCUT2D eigenvalue weighted by Gasteiger charge is 2.08. The monoisotopic (exact) mass is 337 g/mol. The first-order valence-electron chi connectivity index (χ1n) is 6.70. The van der Waals surface area contributed by atoms with E-state index >= 15 is 0 Å². The molecule has 0 spiro atoms. The molecule has 106 valence electrons. The molecule has 0 unspecified atom stereocenters. The van der Waals surface area contributed by atoms with Gasteiger partial charge in [-0.25, -0.2) is 14.4 Å². The second-order valence-electron chi connectivity index (χ2n) is 4.51. The van der Waals surface area contributed by atoms with Gasteiger partial charge in [-0.15, -0.1) is 0 Å². The number of hydrogen-bond donors (Lipinski definition) is 1. The van der Waals surface area contributed by atoms with Crippen molar-refractivity contribution in [2.24, 2.45) is 0 Å². The van der Waals surface area contributed by atoms with Crippen molar-refractivity contribution in [1.29, 1.82) is 0 Å². The third-order valence-corrected chi connectivity index (χ3v) is 3.28. The van der Waals surface area contributed by atoms with E-state index in [4.69, 9.17) is 0 Å². The Kier molecular flexibility index (Phi) is 5.06. The summed E-state index contributed by atoms with van der Waals surface area (Å²) in [6, 6.07) is 6.63. The highest BCUT2D eigenvalue weighted by molar-refractivity contribution is 9.10. The summed E-state index contributed by atoms with van der Waals surface area (Å²) >= 11 is 3.30. The fourth-order valence-electron chi connectivity index (χ4n) is 1.83. The Labute approximate surface area is 126 Å². The first-order valence-corrected chi connectivity index (χ1v) is 7.50. The lowest BCUT2D eigenvalue weighted by molar-refractivity contribution is 0.627. The van der Waals surface area contributed by atoms with E-state index in [1.54, 1.807) is 0 Å². The maximum absolute atomic E-state index is 13.5. The van der Waals surface area contributed by atoms with Crippen LogP contribution in [-0.4, -0.2) is 16.5 Å². The average Bonchev–Trinajstić information content (AvgIpc) is 2.43. The lowest BCUT2D eigenvalue weighted by Crippen LogP contribution is -2.05. The number of benzene rings is 1. The summed E-state index contributed by atoms with van der Waals surface area (Å²) in [5.74, 6) is 1.03. The Morgan fingerprint density at radius 1 is 1.15 bits per heavy atom.